The third kappa shape index (κ3) is 3.11. The molecule has 3 heterocycles. The van der Waals surface area contributed by atoms with Crippen molar-refractivity contribution in [3.63, 3.8) is 0 Å². The summed E-state index contributed by atoms with van der Waals surface area (Å²) >= 11 is 0. The monoisotopic (exact) mass is 283 g/mol. The molecule has 0 aromatic carbocycles. The van der Waals surface area contributed by atoms with Crippen LogP contribution in [0, 0.1) is 0 Å². The highest BCUT2D eigenvalue weighted by atomic mass is 16.1. The Bertz CT molecular complexity index is 689. The van der Waals surface area contributed by atoms with Crippen LogP contribution >= 0.6 is 0 Å². The Morgan fingerprint density at radius 2 is 2.05 bits per heavy atom. The summed E-state index contributed by atoms with van der Waals surface area (Å²) in [5.74, 6) is 0.260. The standard InChI is InChI=1S/C13H13N7O/c21-13(15-5-8-19-6-1-2-7-19)11-3-4-12(18-17-11)20-10-14-9-16-20/h1-4,6-7,9-10H,5,8H2,(H,15,21). The summed E-state index contributed by atoms with van der Waals surface area (Å²) in [6, 6.07) is 7.16. The number of amides is 1. The molecule has 3 aromatic rings. The van der Waals surface area contributed by atoms with Crippen LogP contribution in [0.1, 0.15) is 10.5 Å². The number of nitrogens with zero attached hydrogens (tertiary/aromatic N) is 6. The lowest BCUT2D eigenvalue weighted by Gasteiger charge is -2.05. The number of aromatic nitrogens is 6. The molecule has 1 amide bonds. The van der Waals surface area contributed by atoms with Gasteiger partial charge in [0, 0.05) is 25.5 Å². The predicted octanol–water partition coefficient (Wildman–Crippen LogP) is 0.289. The molecule has 0 saturated carbocycles. The molecule has 0 aliphatic rings. The molecule has 0 saturated heterocycles. The zero-order chi connectivity index (χ0) is 14.5. The van der Waals surface area contributed by atoms with E-state index in [0.717, 1.165) is 0 Å². The van der Waals surface area contributed by atoms with Gasteiger partial charge in [0.05, 0.1) is 0 Å². The second-order valence-corrected chi connectivity index (χ2v) is 4.29. The summed E-state index contributed by atoms with van der Waals surface area (Å²) in [5.41, 5.74) is 0.270. The lowest BCUT2D eigenvalue weighted by molar-refractivity contribution is 0.0946. The fourth-order valence-electron chi connectivity index (χ4n) is 1.80. The molecule has 21 heavy (non-hydrogen) atoms. The quantitative estimate of drug-likeness (QED) is 0.726. The summed E-state index contributed by atoms with van der Waals surface area (Å²) in [5, 5.41) is 14.6. The Morgan fingerprint density at radius 3 is 2.71 bits per heavy atom. The van der Waals surface area contributed by atoms with Gasteiger partial charge in [0.1, 0.15) is 12.7 Å². The maximum absolute atomic E-state index is 11.9. The van der Waals surface area contributed by atoms with Gasteiger partial charge in [-0.15, -0.1) is 10.2 Å². The van der Waals surface area contributed by atoms with Crippen molar-refractivity contribution in [3.05, 3.63) is 55.0 Å². The third-order valence-corrected chi connectivity index (χ3v) is 2.86. The minimum absolute atomic E-state index is 0.250. The van der Waals surface area contributed by atoms with E-state index in [0.29, 0.717) is 18.9 Å². The van der Waals surface area contributed by atoms with Crippen molar-refractivity contribution in [2.45, 2.75) is 6.54 Å². The average Bonchev–Trinajstić information content (AvgIpc) is 3.21. The summed E-state index contributed by atoms with van der Waals surface area (Å²) < 4.78 is 3.46. The van der Waals surface area contributed by atoms with Crippen molar-refractivity contribution in [1.82, 2.24) is 34.8 Å². The van der Waals surface area contributed by atoms with Gasteiger partial charge in [-0.2, -0.15) is 5.10 Å². The van der Waals surface area contributed by atoms with Crippen LogP contribution in [0.15, 0.2) is 49.3 Å². The molecular formula is C13H13N7O. The van der Waals surface area contributed by atoms with Crippen LogP contribution in [0.5, 0.6) is 0 Å². The van der Waals surface area contributed by atoms with E-state index in [1.807, 2.05) is 29.1 Å². The van der Waals surface area contributed by atoms with Crippen molar-refractivity contribution in [2.75, 3.05) is 6.54 Å². The van der Waals surface area contributed by atoms with Crippen LogP contribution in [0.3, 0.4) is 0 Å². The minimum atomic E-state index is -0.250. The van der Waals surface area contributed by atoms with Crippen molar-refractivity contribution >= 4 is 5.91 Å². The lowest BCUT2D eigenvalue weighted by atomic mass is 10.3. The van der Waals surface area contributed by atoms with Crippen LogP contribution in [0.4, 0.5) is 0 Å². The topological polar surface area (TPSA) is 90.5 Å². The Kier molecular flexibility index (Phi) is 3.68. The third-order valence-electron chi connectivity index (χ3n) is 2.86. The molecule has 8 nitrogen and oxygen atoms in total. The first-order valence-corrected chi connectivity index (χ1v) is 6.40. The molecule has 8 heteroatoms. The Hall–Kier alpha value is -3.03. The van der Waals surface area contributed by atoms with E-state index in [-0.39, 0.29) is 11.6 Å². The molecule has 0 bridgehead atoms. The number of rotatable bonds is 5. The van der Waals surface area contributed by atoms with Gasteiger partial charge in [-0.25, -0.2) is 9.67 Å². The first-order valence-electron chi connectivity index (χ1n) is 6.40. The first kappa shape index (κ1) is 13.0. The van der Waals surface area contributed by atoms with Crippen molar-refractivity contribution in [1.29, 1.82) is 0 Å². The number of carbonyl (C=O) groups excluding carboxylic acids is 1. The van der Waals surface area contributed by atoms with E-state index < -0.39 is 0 Å². The average molecular weight is 283 g/mol. The molecular weight excluding hydrogens is 270 g/mol. The smallest absolute Gasteiger partial charge is 0.271 e. The largest absolute Gasteiger partial charge is 0.353 e. The highest BCUT2D eigenvalue weighted by molar-refractivity contribution is 5.92. The molecule has 3 rings (SSSR count). The van der Waals surface area contributed by atoms with Crippen molar-refractivity contribution in [3.8, 4) is 5.82 Å². The zero-order valence-electron chi connectivity index (χ0n) is 11.1. The lowest BCUT2D eigenvalue weighted by Crippen LogP contribution is -2.28. The number of nitrogens with one attached hydrogen (secondary N) is 1. The van der Waals surface area contributed by atoms with Crippen molar-refractivity contribution < 1.29 is 4.79 Å². The summed E-state index contributed by atoms with van der Waals surface area (Å²) in [6.45, 7) is 1.24. The molecule has 0 aliphatic heterocycles. The zero-order valence-corrected chi connectivity index (χ0v) is 11.1. The summed E-state index contributed by atoms with van der Waals surface area (Å²) in [7, 11) is 0. The minimum Gasteiger partial charge on any atom is -0.353 e. The van der Waals surface area contributed by atoms with E-state index in [4.69, 9.17) is 0 Å². The highest BCUT2D eigenvalue weighted by Gasteiger charge is 2.08. The van der Waals surface area contributed by atoms with Crippen LogP contribution in [-0.4, -0.2) is 42.0 Å². The van der Waals surface area contributed by atoms with E-state index in [2.05, 4.69) is 25.6 Å². The molecule has 1 N–H and O–H groups in total. The Balaban J connectivity index is 1.57. The van der Waals surface area contributed by atoms with Gasteiger partial charge in [0.2, 0.25) is 0 Å². The summed E-state index contributed by atoms with van der Waals surface area (Å²) in [6.07, 6.45) is 6.81. The van der Waals surface area contributed by atoms with Crippen LogP contribution in [0.2, 0.25) is 0 Å². The van der Waals surface area contributed by atoms with Gasteiger partial charge >= 0.3 is 0 Å². The Labute approximate surface area is 120 Å². The highest BCUT2D eigenvalue weighted by Crippen LogP contribution is 2.00. The van der Waals surface area contributed by atoms with Gasteiger partial charge in [-0.1, -0.05) is 0 Å². The predicted molar refractivity (Wildman–Crippen MR) is 73.7 cm³/mol. The molecule has 0 spiro atoms. The number of hydrogen-bond acceptors (Lipinski definition) is 5. The second-order valence-electron chi connectivity index (χ2n) is 4.29. The molecule has 0 fully saturated rings. The maximum atomic E-state index is 11.9. The fourth-order valence-corrected chi connectivity index (χ4v) is 1.80. The van der Waals surface area contributed by atoms with Crippen LogP contribution in [0.25, 0.3) is 5.82 Å². The van der Waals surface area contributed by atoms with Crippen LogP contribution < -0.4 is 5.32 Å². The fraction of sp³-hybridized carbons (Fsp3) is 0.154. The van der Waals surface area contributed by atoms with Gasteiger partial charge in [0.25, 0.3) is 5.91 Å². The van der Waals surface area contributed by atoms with E-state index >= 15 is 0 Å². The van der Waals surface area contributed by atoms with E-state index in [1.165, 1.54) is 17.3 Å². The Morgan fingerprint density at radius 1 is 1.19 bits per heavy atom. The van der Waals surface area contributed by atoms with Crippen LogP contribution in [-0.2, 0) is 6.54 Å². The summed E-state index contributed by atoms with van der Waals surface area (Å²) in [4.78, 5) is 15.7. The molecule has 0 aliphatic carbocycles. The number of hydrogen-bond donors (Lipinski definition) is 1. The van der Waals surface area contributed by atoms with Gasteiger partial charge in [0.15, 0.2) is 11.5 Å². The molecule has 106 valence electrons. The second kappa shape index (κ2) is 5.95. The SMILES string of the molecule is O=C(NCCn1cccc1)c1ccc(-n2cncn2)nn1. The van der Waals surface area contributed by atoms with E-state index in [9.17, 15) is 4.79 Å². The normalized spacial score (nSPS) is 10.5. The number of carbonyl (C=O) groups is 1. The maximum Gasteiger partial charge on any atom is 0.271 e. The molecule has 0 atom stereocenters. The van der Waals surface area contributed by atoms with Gasteiger partial charge in [-0.3, -0.25) is 4.79 Å². The molecule has 3 aromatic heterocycles. The van der Waals surface area contributed by atoms with Gasteiger partial charge in [-0.05, 0) is 24.3 Å². The van der Waals surface area contributed by atoms with Gasteiger partial charge < -0.3 is 9.88 Å². The van der Waals surface area contributed by atoms with Crippen molar-refractivity contribution in [2.24, 2.45) is 0 Å². The van der Waals surface area contributed by atoms with E-state index in [1.54, 1.807) is 12.1 Å². The first-order chi connectivity index (χ1) is 10.3. The molecule has 0 radical (unpaired) electrons. The molecule has 0 unspecified atom stereocenters.